The van der Waals surface area contributed by atoms with Gasteiger partial charge in [-0.25, -0.2) is 0 Å². The van der Waals surface area contributed by atoms with Crippen LogP contribution in [0.4, 0.5) is 0 Å². The molecule has 77 heavy (non-hydrogen) atoms. The lowest BCUT2D eigenvalue weighted by Gasteiger charge is -2.34. The molecule has 8 rings (SSSR count). The van der Waals surface area contributed by atoms with E-state index in [1.165, 1.54) is 55.6 Å². The van der Waals surface area contributed by atoms with Gasteiger partial charge in [0.25, 0.3) is 6.47 Å². The van der Waals surface area contributed by atoms with Crippen molar-refractivity contribution in [1.82, 2.24) is 0 Å². The van der Waals surface area contributed by atoms with E-state index in [1.54, 1.807) is 0 Å². The summed E-state index contributed by atoms with van der Waals surface area (Å²) in [5, 5.41) is 21.5. The molecule has 0 spiro atoms. The van der Waals surface area contributed by atoms with E-state index in [4.69, 9.17) is 23.8 Å². The summed E-state index contributed by atoms with van der Waals surface area (Å²) in [5.74, 6) is 12.8. The van der Waals surface area contributed by atoms with Gasteiger partial charge < -0.3 is 24.4 Å². The number of ether oxygens (including phenoxy) is 3. The number of carbonyl (C=O) groups excluding carboxylic acids is 3. The Morgan fingerprint density at radius 2 is 0.844 bits per heavy atom. The summed E-state index contributed by atoms with van der Waals surface area (Å²) in [6.45, 7) is 23.0. The van der Waals surface area contributed by atoms with Crippen molar-refractivity contribution < 1.29 is 38.8 Å². The van der Waals surface area contributed by atoms with E-state index in [1.807, 2.05) is 12.1 Å². The van der Waals surface area contributed by atoms with Crippen molar-refractivity contribution in [3.63, 3.8) is 0 Å². The van der Waals surface area contributed by atoms with Crippen molar-refractivity contribution in [3.8, 4) is 45.9 Å². The van der Waals surface area contributed by atoms with Gasteiger partial charge in [-0.1, -0.05) is 167 Å². The van der Waals surface area contributed by atoms with Gasteiger partial charge in [0.1, 0.15) is 17.8 Å². The molecule has 2 fully saturated rings. The third-order valence-corrected chi connectivity index (χ3v) is 16.3. The van der Waals surface area contributed by atoms with Crippen LogP contribution in [0.25, 0.3) is 22.3 Å². The number of hydrogen-bond acceptors (Lipinski definition) is 8. The number of hydrogen-bond donors (Lipinski definition) is 2. The predicted octanol–water partition coefficient (Wildman–Crippen LogP) is 13.6. The first-order valence-electron chi connectivity index (χ1n) is 27.4. The van der Waals surface area contributed by atoms with E-state index in [0.29, 0.717) is 58.6 Å². The molecule has 402 valence electrons. The molecule has 0 atom stereocenters. The number of benzene rings is 6. The minimum Gasteiger partial charge on any atom is -0.463 e. The number of aryl methyl sites for hydroxylation is 5. The van der Waals surface area contributed by atoms with Crippen molar-refractivity contribution in [1.29, 1.82) is 0 Å². The third-order valence-electron chi connectivity index (χ3n) is 16.3. The van der Waals surface area contributed by atoms with Gasteiger partial charge in [-0.2, -0.15) is 9.59 Å². The van der Waals surface area contributed by atoms with Gasteiger partial charge in [-0.3, -0.25) is 4.79 Å². The maximum Gasteiger partial charge on any atom is 0.373 e. The van der Waals surface area contributed by atoms with Crippen LogP contribution in [0.5, 0.6) is 0 Å². The smallest absolute Gasteiger partial charge is 0.373 e. The Hall–Kier alpha value is -6.87. The lowest BCUT2D eigenvalue weighted by atomic mass is 9.69. The lowest BCUT2D eigenvalue weighted by Crippen LogP contribution is -2.34. The quantitative estimate of drug-likeness (QED) is 0.0818. The molecular weight excluding hydrogens is 957 g/mol. The largest absolute Gasteiger partial charge is 0.463 e. The molecular formula is C69H78O8. The molecule has 6 aromatic rings. The highest BCUT2D eigenvalue weighted by molar-refractivity contribution is 5.70. The van der Waals surface area contributed by atoms with E-state index in [-0.39, 0.29) is 23.6 Å². The SMILES string of the molecule is CCC(CC)(c1ccc(C#CC2(O)CCOCC2)c(C)c1)c1ccc(-c2ccc(COC=O)cc2)c(C)c1.CCc1ccc(-c2ccc(C(CC)(CC)c3ccc(C#CC4(O)CCOCC4)c(C)c3)cc2C)cc1.O=C=O. The summed E-state index contributed by atoms with van der Waals surface area (Å²) >= 11 is 0. The molecule has 0 saturated carbocycles. The Morgan fingerprint density at radius 3 is 1.16 bits per heavy atom. The maximum absolute atomic E-state index is 10.7. The van der Waals surface area contributed by atoms with E-state index in [9.17, 15) is 15.0 Å². The summed E-state index contributed by atoms with van der Waals surface area (Å²) in [7, 11) is 0. The first-order chi connectivity index (χ1) is 37.1. The van der Waals surface area contributed by atoms with Gasteiger partial charge in [0, 0.05) is 47.6 Å². The normalized spacial score (nSPS) is 14.6. The second-order valence-electron chi connectivity index (χ2n) is 20.7. The fourth-order valence-electron chi connectivity index (χ4n) is 11.1. The second-order valence-corrected chi connectivity index (χ2v) is 20.7. The molecule has 0 aromatic heterocycles. The van der Waals surface area contributed by atoms with E-state index in [2.05, 4.69) is 195 Å². The maximum atomic E-state index is 10.7. The topological polar surface area (TPSA) is 119 Å². The predicted molar refractivity (Wildman–Crippen MR) is 307 cm³/mol. The standard InChI is InChI=1S/C34H38O4.C34H40O2.CO2/c1-5-34(6-2,30-12-11-28(25(3)21-30)15-16-33(36)17-19-37-20-18-33)31-13-14-32(26(4)22-31)29-9-7-27(8-10-29)23-38-24-35;1-6-27-9-11-29(12-10-27)32-16-15-31(24-26(32)5)34(7-2,8-3)30-14-13-28(25(4)23-30)17-18-33(35)19-21-36-22-20-33;2-1-3/h7-14,21-22,24,36H,5-6,17-20,23H2,1-4H3;9-16,23-24,35H,6-8,19-22H2,1-5H3;. The van der Waals surface area contributed by atoms with Crippen molar-refractivity contribution in [2.75, 3.05) is 26.4 Å². The highest BCUT2D eigenvalue weighted by Gasteiger charge is 2.34. The molecule has 2 heterocycles. The highest BCUT2D eigenvalue weighted by Crippen LogP contribution is 2.43. The zero-order valence-corrected chi connectivity index (χ0v) is 46.9. The fourth-order valence-corrected chi connectivity index (χ4v) is 11.1. The minimum atomic E-state index is -0.956. The highest BCUT2D eigenvalue weighted by atomic mass is 16.5. The van der Waals surface area contributed by atoms with E-state index in [0.717, 1.165) is 65.5 Å². The molecule has 8 heteroatoms. The summed E-state index contributed by atoms with van der Waals surface area (Å²) in [4.78, 5) is 26.7. The average molecular weight is 1040 g/mol. The molecule has 0 unspecified atom stereocenters. The van der Waals surface area contributed by atoms with Crippen LogP contribution in [0.15, 0.2) is 121 Å². The van der Waals surface area contributed by atoms with Crippen LogP contribution in [-0.2, 0) is 52.5 Å². The first-order valence-corrected chi connectivity index (χ1v) is 27.4. The number of rotatable bonds is 14. The molecule has 0 amide bonds. The Bertz CT molecular complexity index is 3080. The molecule has 6 aromatic carbocycles. The molecule has 2 N–H and O–H groups in total. The second kappa shape index (κ2) is 27.4. The van der Waals surface area contributed by atoms with Crippen LogP contribution in [0.3, 0.4) is 0 Å². The summed E-state index contributed by atoms with van der Waals surface area (Å²) in [5.41, 5.74) is 17.3. The van der Waals surface area contributed by atoms with Crippen LogP contribution >= 0.6 is 0 Å². The molecule has 2 aliphatic heterocycles. The Balaban J connectivity index is 0.000000238. The Labute approximate surface area is 458 Å². The summed E-state index contributed by atoms with van der Waals surface area (Å²) in [6, 6.07) is 44.2. The van der Waals surface area contributed by atoms with Crippen LogP contribution in [0.2, 0.25) is 0 Å². The van der Waals surface area contributed by atoms with Gasteiger partial charge in [-0.15, -0.1) is 0 Å². The minimum absolute atomic E-state index is 0.0506. The van der Waals surface area contributed by atoms with Crippen LogP contribution < -0.4 is 0 Å². The van der Waals surface area contributed by atoms with Crippen LogP contribution in [-0.4, -0.2) is 60.5 Å². The van der Waals surface area contributed by atoms with Gasteiger partial charge in [0.15, 0.2) is 0 Å². The van der Waals surface area contributed by atoms with Gasteiger partial charge >= 0.3 is 6.15 Å². The molecule has 0 aliphatic carbocycles. The number of carbonyl (C=O) groups is 1. The first kappa shape index (κ1) is 59.4. The van der Waals surface area contributed by atoms with Gasteiger partial charge in [0.05, 0.1) is 26.4 Å². The number of aliphatic hydroxyl groups is 2. The molecule has 2 aliphatic rings. The zero-order valence-electron chi connectivity index (χ0n) is 46.9. The molecule has 2 saturated heterocycles. The zero-order chi connectivity index (χ0) is 55.6. The molecule has 8 nitrogen and oxygen atoms in total. The van der Waals surface area contributed by atoms with Crippen molar-refractivity contribution in [3.05, 3.63) is 188 Å². The summed E-state index contributed by atoms with van der Waals surface area (Å²) < 4.78 is 15.6. The van der Waals surface area contributed by atoms with E-state index < -0.39 is 11.2 Å². The van der Waals surface area contributed by atoms with Crippen molar-refractivity contribution in [2.45, 2.75) is 149 Å². The van der Waals surface area contributed by atoms with Crippen LogP contribution in [0, 0.1) is 51.4 Å². The monoisotopic (exact) mass is 1030 g/mol. The Morgan fingerprint density at radius 1 is 0.506 bits per heavy atom. The molecule has 0 bridgehead atoms. The van der Waals surface area contributed by atoms with Gasteiger partial charge in [0.2, 0.25) is 0 Å². The third kappa shape index (κ3) is 14.4. The van der Waals surface area contributed by atoms with Crippen molar-refractivity contribution >= 4 is 12.6 Å². The van der Waals surface area contributed by atoms with E-state index >= 15 is 0 Å². The lowest BCUT2D eigenvalue weighted by molar-refractivity contribution is -0.191. The molecule has 0 radical (unpaired) electrons. The van der Waals surface area contributed by atoms with Crippen LogP contribution in [0.1, 0.15) is 153 Å². The van der Waals surface area contributed by atoms with Crippen molar-refractivity contribution in [2.24, 2.45) is 0 Å². The Kier molecular flexibility index (Phi) is 21.2. The average Bonchev–Trinajstić information content (AvgIpc) is 3.44. The van der Waals surface area contributed by atoms with Gasteiger partial charge in [-0.05, 0) is 150 Å². The summed E-state index contributed by atoms with van der Waals surface area (Å²) in [6.07, 6.45) is 7.59. The fraction of sp³-hybridized carbons (Fsp3) is 0.391.